The van der Waals surface area contributed by atoms with Crippen LogP contribution in [0.5, 0.6) is 17.2 Å². The van der Waals surface area contributed by atoms with Crippen LogP contribution in [-0.2, 0) is 0 Å². The van der Waals surface area contributed by atoms with Crippen molar-refractivity contribution in [2.45, 2.75) is 13.8 Å². The third-order valence-corrected chi connectivity index (χ3v) is 4.26. The molecular weight excluding hydrogens is 330 g/mol. The van der Waals surface area contributed by atoms with Gasteiger partial charge in [0.1, 0.15) is 17.3 Å². The maximum Gasteiger partial charge on any atom is 0.187 e. The summed E-state index contributed by atoms with van der Waals surface area (Å²) in [5.41, 5.74) is 3.92. The number of benzene rings is 2. The van der Waals surface area contributed by atoms with E-state index >= 15 is 0 Å². The largest absolute Gasteiger partial charge is 0.507 e. The molecule has 0 saturated carbocycles. The van der Waals surface area contributed by atoms with E-state index in [1.807, 2.05) is 32.0 Å². The summed E-state index contributed by atoms with van der Waals surface area (Å²) < 4.78 is 10.8. The molecule has 0 bridgehead atoms. The lowest BCUT2D eigenvalue weighted by atomic mass is 10.1. The molecule has 1 heterocycles. The number of aryl methyl sites for hydroxylation is 2. The molecule has 0 spiro atoms. The first-order valence-corrected chi connectivity index (χ1v) is 8.01. The van der Waals surface area contributed by atoms with Gasteiger partial charge in [0.25, 0.3) is 0 Å². The van der Waals surface area contributed by atoms with Crippen molar-refractivity contribution in [1.29, 1.82) is 5.26 Å². The summed E-state index contributed by atoms with van der Waals surface area (Å²) in [4.78, 5) is 4.38. The molecule has 2 aromatic carbocycles. The minimum absolute atomic E-state index is 0.266. The molecule has 0 saturated heterocycles. The highest BCUT2D eigenvalue weighted by molar-refractivity contribution is 5.99. The van der Waals surface area contributed by atoms with Crippen LogP contribution in [0.4, 0.5) is 11.4 Å². The maximum absolute atomic E-state index is 9.97. The number of pyridine rings is 1. The standard InChI is InChI=1S/C20H19N3O3/c1-11-7-14(8-12(2)19(11)24)23-17-13(9-21)10-22-18-15(17)5-6-16(25-3)20(18)26-4/h5-8,10,24H,1-4H3,(H,22,23). The van der Waals surface area contributed by atoms with Crippen LogP contribution >= 0.6 is 0 Å². The maximum atomic E-state index is 9.97. The van der Waals surface area contributed by atoms with Crippen LogP contribution in [0, 0.1) is 25.2 Å². The second kappa shape index (κ2) is 6.81. The molecule has 6 nitrogen and oxygen atoms in total. The summed E-state index contributed by atoms with van der Waals surface area (Å²) in [6.45, 7) is 3.66. The van der Waals surface area contributed by atoms with Crippen molar-refractivity contribution in [1.82, 2.24) is 4.98 Å². The number of phenolic OH excluding ortho intramolecular Hbond substituents is 1. The second-order valence-corrected chi connectivity index (χ2v) is 5.94. The van der Waals surface area contributed by atoms with E-state index in [1.54, 1.807) is 20.3 Å². The number of aromatic nitrogens is 1. The molecule has 3 aromatic rings. The first kappa shape index (κ1) is 17.4. The summed E-state index contributed by atoms with van der Waals surface area (Å²) in [6.07, 6.45) is 1.51. The number of rotatable bonds is 4. The minimum Gasteiger partial charge on any atom is -0.507 e. The molecule has 3 rings (SSSR count). The molecule has 0 aliphatic carbocycles. The third kappa shape index (κ3) is 2.84. The lowest BCUT2D eigenvalue weighted by Gasteiger charge is -2.16. The van der Waals surface area contributed by atoms with Gasteiger partial charge in [0.2, 0.25) is 0 Å². The van der Waals surface area contributed by atoms with Gasteiger partial charge in [-0.3, -0.25) is 4.98 Å². The molecule has 1 aromatic heterocycles. The van der Waals surface area contributed by atoms with Crippen LogP contribution in [0.25, 0.3) is 10.9 Å². The molecule has 132 valence electrons. The molecule has 2 N–H and O–H groups in total. The molecular formula is C20H19N3O3. The van der Waals surface area contributed by atoms with Crippen LogP contribution in [0.15, 0.2) is 30.5 Å². The van der Waals surface area contributed by atoms with Crippen molar-refractivity contribution in [3.05, 3.63) is 47.2 Å². The smallest absolute Gasteiger partial charge is 0.187 e. The Kier molecular flexibility index (Phi) is 4.55. The van der Waals surface area contributed by atoms with E-state index < -0.39 is 0 Å². The Balaban J connectivity index is 2.23. The van der Waals surface area contributed by atoms with Gasteiger partial charge in [0.15, 0.2) is 11.5 Å². The molecule has 26 heavy (non-hydrogen) atoms. The van der Waals surface area contributed by atoms with Crippen LogP contribution < -0.4 is 14.8 Å². The fourth-order valence-corrected chi connectivity index (χ4v) is 2.97. The number of nitrogens with zero attached hydrogens (tertiary/aromatic N) is 2. The van der Waals surface area contributed by atoms with E-state index in [-0.39, 0.29) is 5.75 Å². The monoisotopic (exact) mass is 349 g/mol. The van der Waals surface area contributed by atoms with E-state index in [0.717, 1.165) is 22.2 Å². The first-order chi connectivity index (χ1) is 12.5. The van der Waals surface area contributed by atoms with Crippen molar-refractivity contribution < 1.29 is 14.6 Å². The van der Waals surface area contributed by atoms with E-state index in [2.05, 4.69) is 16.4 Å². The van der Waals surface area contributed by atoms with Crippen LogP contribution in [0.2, 0.25) is 0 Å². The lowest BCUT2D eigenvalue weighted by molar-refractivity contribution is 0.358. The average Bonchev–Trinajstić information content (AvgIpc) is 2.65. The van der Waals surface area contributed by atoms with Crippen LogP contribution in [-0.4, -0.2) is 24.3 Å². The summed E-state index contributed by atoms with van der Waals surface area (Å²) >= 11 is 0. The SMILES string of the molecule is COc1ccc2c(Nc3cc(C)c(O)c(C)c3)c(C#N)cnc2c1OC. The van der Waals surface area contributed by atoms with E-state index in [9.17, 15) is 10.4 Å². The van der Waals surface area contributed by atoms with Gasteiger partial charge in [-0.25, -0.2) is 0 Å². The zero-order chi connectivity index (χ0) is 18.8. The number of nitriles is 1. The van der Waals surface area contributed by atoms with Crippen molar-refractivity contribution in [2.75, 3.05) is 19.5 Å². The van der Waals surface area contributed by atoms with Crippen LogP contribution in [0.1, 0.15) is 16.7 Å². The molecule has 6 heteroatoms. The van der Waals surface area contributed by atoms with Crippen molar-refractivity contribution in [2.24, 2.45) is 0 Å². The van der Waals surface area contributed by atoms with Gasteiger partial charge in [-0.1, -0.05) is 0 Å². The highest BCUT2D eigenvalue weighted by Crippen LogP contribution is 2.39. The topological polar surface area (TPSA) is 87.4 Å². The van der Waals surface area contributed by atoms with Gasteiger partial charge in [0, 0.05) is 17.3 Å². The Labute approximate surface area is 151 Å². The molecule has 0 aliphatic rings. The van der Waals surface area contributed by atoms with E-state index in [4.69, 9.17) is 9.47 Å². The number of ether oxygens (including phenoxy) is 2. The highest BCUT2D eigenvalue weighted by atomic mass is 16.5. The second-order valence-electron chi connectivity index (χ2n) is 5.94. The fraction of sp³-hybridized carbons (Fsp3) is 0.200. The van der Waals surface area contributed by atoms with Crippen LogP contribution in [0.3, 0.4) is 0 Å². The van der Waals surface area contributed by atoms with Crippen molar-refractivity contribution in [3.63, 3.8) is 0 Å². The Bertz CT molecular complexity index is 1020. The van der Waals surface area contributed by atoms with Gasteiger partial charge in [-0.05, 0) is 49.2 Å². The number of anilines is 2. The number of hydrogen-bond donors (Lipinski definition) is 2. The van der Waals surface area contributed by atoms with Gasteiger partial charge in [0.05, 0.1) is 25.5 Å². The molecule has 0 fully saturated rings. The number of phenols is 1. The number of methoxy groups -OCH3 is 2. The van der Waals surface area contributed by atoms with Gasteiger partial charge >= 0.3 is 0 Å². The van der Waals surface area contributed by atoms with Gasteiger partial charge in [-0.2, -0.15) is 5.26 Å². The van der Waals surface area contributed by atoms with Gasteiger partial charge < -0.3 is 19.9 Å². The Hall–Kier alpha value is -3.46. The quantitative estimate of drug-likeness (QED) is 0.687. The van der Waals surface area contributed by atoms with Crippen molar-refractivity contribution in [3.8, 4) is 23.3 Å². The molecule has 0 unspecified atom stereocenters. The number of fused-ring (bicyclic) bond motifs is 1. The van der Waals surface area contributed by atoms with Crippen molar-refractivity contribution >= 4 is 22.3 Å². The van der Waals surface area contributed by atoms with E-state index in [0.29, 0.717) is 28.3 Å². The number of aromatic hydroxyl groups is 1. The fourth-order valence-electron chi connectivity index (χ4n) is 2.97. The summed E-state index contributed by atoms with van der Waals surface area (Å²) in [6, 6.07) is 9.45. The average molecular weight is 349 g/mol. The lowest BCUT2D eigenvalue weighted by Crippen LogP contribution is -2.00. The van der Waals surface area contributed by atoms with E-state index in [1.165, 1.54) is 6.20 Å². The summed E-state index contributed by atoms with van der Waals surface area (Å²) in [5.74, 6) is 1.34. The highest BCUT2D eigenvalue weighted by Gasteiger charge is 2.16. The zero-order valence-corrected chi connectivity index (χ0v) is 15.0. The number of nitrogens with one attached hydrogen (secondary N) is 1. The first-order valence-electron chi connectivity index (χ1n) is 8.01. The molecule has 0 radical (unpaired) electrons. The zero-order valence-electron chi connectivity index (χ0n) is 15.0. The molecule has 0 amide bonds. The summed E-state index contributed by atoms with van der Waals surface area (Å²) in [7, 11) is 3.12. The van der Waals surface area contributed by atoms with Gasteiger partial charge in [-0.15, -0.1) is 0 Å². The Morgan fingerprint density at radius 3 is 2.38 bits per heavy atom. The normalized spacial score (nSPS) is 10.4. The minimum atomic E-state index is 0.266. The Morgan fingerprint density at radius 2 is 1.81 bits per heavy atom. The summed E-state index contributed by atoms with van der Waals surface area (Å²) in [5, 5.41) is 23.5. The predicted octanol–water partition coefficient (Wildman–Crippen LogP) is 4.19. The molecule has 0 aliphatic heterocycles. The molecule has 0 atom stereocenters. The Morgan fingerprint density at radius 1 is 1.12 bits per heavy atom. The number of hydrogen-bond acceptors (Lipinski definition) is 6. The third-order valence-electron chi connectivity index (χ3n) is 4.26. The predicted molar refractivity (Wildman–Crippen MR) is 100 cm³/mol.